The van der Waals surface area contributed by atoms with E-state index in [4.69, 9.17) is 4.42 Å². The van der Waals surface area contributed by atoms with Crippen molar-refractivity contribution in [2.45, 2.75) is 65.2 Å². The summed E-state index contributed by atoms with van der Waals surface area (Å²) < 4.78 is 46.4. The largest absolute Gasteiger partial charge is 0.444 e. The van der Waals surface area contributed by atoms with Gasteiger partial charge >= 0.3 is 6.18 Å². The van der Waals surface area contributed by atoms with E-state index in [9.17, 15) is 18.0 Å². The average Bonchev–Trinajstić information content (AvgIpc) is 3.19. The number of nitrogens with zero attached hydrogens (tertiary/aromatic N) is 5. The lowest BCUT2D eigenvalue weighted by atomic mass is 9.94. The van der Waals surface area contributed by atoms with E-state index in [1.54, 1.807) is 18.0 Å². The van der Waals surface area contributed by atoms with Crippen molar-refractivity contribution in [1.82, 2.24) is 24.6 Å². The third kappa shape index (κ3) is 5.36. The Morgan fingerprint density at radius 2 is 1.91 bits per heavy atom. The highest BCUT2D eigenvalue weighted by Gasteiger charge is 2.39. The lowest BCUT2D eigenvalue weighted by molar-refractivity contribution is -0.143. The fourth-order valence-electron chi connectivity index (χ4n) is 3.70. The Hall–Kier alpha value is -1.88. The molecule has 1 unspecified atom stereocenters. The van der Waals surface area contributed by atoms with Crippen LogP contribution >= 0.6 is 15.9 Å². The number of carbonyl (C=O) groups is 1. The summed E-state index contributed by atoms with van der Waals surface area (Å²) in [5.41, 5.74) is -0.861. The second kappa shape index (κ2) is 9.17. The predicted octanol–water partition coefficient (Wildman–Crippen LogP) is 4.55. The molecule has 11 heteroatoms. The Balaban J connectivity index is 1.65. The minimum absolute atomic E-state index is 0.116. The monoisotopic (exact) mass is 519 g/mol. The maximum absolute atomic E-state index is 13.2. The van der Waals surface area contributed by atoms with Crippen LogP contribution in [0.4, 0.5) is 13.2 Å². The summed E-state index contributed by atoms with van der Waals surface area (Å²) in [5, 5.41) is 3.68. The highest BCUT2D eigenvalue weighted by Crippen LogP contribution is 2.36. The van der Waals surface area contributed by atoms with E-state index in [1.165, 1.54) is 6.92 Å². The second-order valence-electron chi connectivity index (χ2n) is 9.19. The van der Waals surface area contributed by atoms with Crippen molar-refractivity contribution in [3.63, 3.8) is 0 Å². The standard InChI is InChI=1S/C21H29BrF3N5O2/c1-13-17(22)18(21(23,24)25)27-30(13)14(2)19(31)29-8-6-7-28(9-10-29)12-16-26-11-15(32-16)20(3,4)5/h11,14H,6-10,12H2,1-5H3. The zero-order valence-corrected chi connectivity index (χ0v) is 20.5. The van der Waals surface area contributed by atoms with Gasteiger partial charge in [-0.2, -0.15) is 18.3 Å². The molecule has 2 aromatic rings. The van der Waals surface area contributed by atoms with Crippen molar-refractivity contribution in [2.75, 3.05) is 26.2 Å². The minimum Gasteiger partial charge on any atom is -0.444 e. The Morgan fingerprint density at radius 1 is 1.22 bits per heavy atom. The smallest absolute Gasteiger partial charge is 0.436 e. The molecule has 178 valence electrons. The number of rotatable bonds is 4. The normalized spacial score (nSPS) is 17.5. The van der Waals surface area contributed by atoms with Gasteiger partial charge in [0.25, 0.3) is 0 Å². The summed E-state index contributed by atoms with van der Waals surface area (Å²) in [6.07, 6.45) is -2.08. The summed E-state index contributed by atoms with van der Waals surface area (Å²) in [6, 6.07) is -0.838. The van der Waals surface area contributed by atoms with Gasteiger partial charge in [0.05, 0.1) is 22.9 Å². The highest BCUT2D eigenvalue weighted by atomic mass is 79.9. The number of hydrogen-bond donors (Lipinski definition) is 0. The van der Waals surface area contributed by atoms with Crippen LogP contribution in [0.25, 0.3) is 0 Å². The third-order valence-corrected chi connectivity index (χ3v) is 6.57. The van der Waals surface area contributed by atoms with Crippen molar-refractivity contribution in [1.29, 1.82) is 0 Å². The maximum atomic E-state index is 13.2. The van der Waals surface area contributed by atoms with Crippen molar-refractivity contribution in [2.24, 2.45) is 0 Å². The Bertz CT molecular complexity index is 964. The van der Waals surface area contributed by atoms with Gasteiger partial charge in [0.15, 0.2) is 5.69 Å². The Labute approximate surface area is 194 Å². The van der Waals surface area contributed by atoms with Crippen molar-refractivity contribution >= 4 is 21.8 Å². The van der Waals surface area contributed by atoms with E-state index in [-0.39, 0.29) is 21.5 Å². The molecule has 0 aliphatic carbocycles. The zero-order valence-electron chi connectivity index (χ0n) is 19.0. The van der Waals surface area contributed by atoms with Gasteiger partial charge in [0.2, 0.25) is 11.8 Å². The van der Waals surface area contributed by atoms with E-state index in [0.717, 1.165) is 23.4 Å². The van der Waals surface area contributed by atoms with Crippen LogP contribution < -0.4 is 0 Å². The van der Waals surface area contributed by atoms with Crippen LogP contribution in [-0.4, -0.2) is 56.7 Å². The van der Waals surface area contributed by atoms with Gasteiger partial charge in [-0.25, -0.2) is 4.98 Å². The molecule has 0 aromatic carbocycles. The molecule has 0 radical (unpaired) electrons. The zero-order chi connectivity index (χ0) is 23.8. The topological polar surface area (TPSA) is 67.4 Å². The molecule has 1 atom stereocenters. The summed E-state index contributed by atoms with van der Waals surface area (Å²) in [6.45, 7) is 12.2. The van der Waals surface area contributed by atoms with Crippen LogP contribution in [0.5, 0.6) is 0 Å². The molecule has 1 aliphatic heterocycles. The van der Waals surface area contributed by atoms with Crippen LogP contribution in [0.3, 0.4) is 0 Å². The quantitative estimate of drug-likeness (QED) is 0.592. The van der Waals surface area contributed by atoms with Gasteiger partial charge in [0.1, 0.15) is 11.8 Å². The molecule has 7 nitrogen and oxygen atoms in total. The molecular formula is C21H29BrF3N5O2. The summed E-state index contributed by atoms with van der Waals surface area (Å²) in [7, 11) is 0. The predicted molar refractivity (Wildman–Crippen MR) is 116 cm³/mol. The summed E-state index contributed by atoms with van der Waals surface area (Å²) >= 11 is 2.97. The van der Waals surface area contributed by atoms with E-state index in [0.29, 0.717) is 32.1 Å². The molecule has 2 aromatic heterocycles. The second-order valence-corrected chi connectivity index (χ2v) is 9.98. The van der Waals surface area contributed by atoms with Crippen LogP contribution in [-0.2, 0) is 22.9 Å². The molecule has 1 fully saturated rings. The van der Waals surface area contributed by atoms with Gasteiger partial charge in [-0.15, -0.1) is 0 Å². The first-order valence-corrected chi connectivity index (χ1v) is 11.4. The van der Waals surface area contributed by atoms with E-state index in [2.05, 4.69) is 51.7 Å². The summed E-state index contributed by atoms with van der Waals surface area (Å²) in [4.78, 5) is 21.3. The first-order valence-electron chi connectivity index (χ1n) is 10.6. The minimum atomic E-state index is -4.59. The molecule has 0 spiro atoms. The van der Waals surface area contributed by atoms with E-state index < -0.39 is 17.9 Å². The van der Waals surface area contributed by atoms with Crippen molar-refractivity contribution in [3.8, 4) is 0 Å². The van der Waals surface area contributed by atoms with E-state index >= 15 is 0 Å². The van der Waals surface area contributed by atoms with Gasteiger partial charge in [-0.05, 0) is 36.2 Å². The fraction of sp³-hybridized carbons (Fsp3) is 0.667. The van der Waals surface area contributed by atoms with Crippen LogP contribution in [0, 0.1) is 6.92 Å². The van der Waals surface area contributed by atoms with Crippen molar-refractivity contribution in [3.05, 3.63) is 33.7 Å². The molecule has 3 heterocycles. The summed E-state index contributed by atoms with van der Waals surface area (Å²) in [5.74, 6) is 1.22. The van der Waals surface area contributed by atoms with E-state index in [1.807, 2.05) is 0 Å². The molecule has 0 bridgehead atoms. The molecular weight excluding hydrogens is 491 g/mol. The molecule has 1 aliphatic rings. The number of oxazole rings is 1. The SMILES string of the molecule is Cc1c(Br)c(C(F)(F)F)nn1C(C)C(=O)N1CCCN(Cc2ncc(C(C)(C)C)o2)CC1. The first-order chi connectivity index (χ1) is 14.8. The van der Waals surface area contributed by atoms with Gasteiger partial charge in [-0.1, -0.05) is 20.8 Å². The maximum Gasteiger partial charge on any atom is 0.436 e. The van der Waals surface area contributed by atoms with Crippen LogP contribution in [0.15, 0.2) is 15.1 Å². The Morgan fingerprint density at radius 3 is 2.47 bits per heavy atom. The molecule has 1 amide bonds. The van der Waals surface area contributed by atoms with Crippen molar-refractivity contribution < 1.29 is 22.4 Å². The number of halogens is 4. The molecule has 1 saturated heterocycles. The van der Waals surface area contributed by atoms with Gasteiger partial charge < -0.3 is 9.32 Å². The van der Waals surface area contributed by atoms with Gasteiger partial charge in [-0.3, -0.25) is 14.4 Å². The molecule has 3 rings (SSSR count). The average molecular weight is 520 g/mol. The molecule has 32 heavy (non-hydrogen) atoms. The number of amides is 1. The fourth-order valence-corrected chi connectivity index (χ4v) is 4.18. The Kier molecular flexibility index (Phi) is 7.09. The molecule has 0 N–H and O–H groups in total. The lowest BCUT2D eigenvalue weighted by Crippen LogP contribution is -2.39. The van der Waals surface area contributed by atoms with Crippen LogP contribution in [0.1, 0.15) is 63.2 Å². The highest BCUT2D eigenvalue weighted by molar-refractivity contribution is 9.10. The first kappa shape index (κ1) is 24.8. The number of alkyl halides is 3. The van der Waals surface area contributed by atoms with Gasteiger partial charge in [0, 0.05) is 31.6 Å². The number of aromatic nitrogens is 3. The lowest BCUT2D eigenvalue weighted by Gasteiger charge is -2.25. The number of hydrogen-bond acceptors (Lipinski definition) is 5. The van der Waals surface area contributed by atoms with Crippen LogP contribution in [0.2, 0.25) is 0 Å². The third-order valence-electron chi connectivity index (χ3n) is 5.62. The number of carbonyl (C=O) groups excluding carboxylic acids is 1. The molecule has 0 saturated carbocycles.